The second-order valence-corrected chi connectivity index (χ2v) is 14.2. The zero-order chi connectivity index (χ0) is 36.5. The number of rotatable bonds is 10. The van der Waals surface area contributed by atoms with Crippen LogP contribution in [-0.2, 0) is 14.2 Å². The lowest BCUT2D eigenvalue weighted by Crippen LogP contribution is -2.46. The van der Waals surface area contributed by atoms with E-state index in [1.165, 1.54) is 4.90 Å². The maximum atomic E-state index is 14.4. The number of nitrogens with zero attached hydrogens (tertiary/aromatic N) is 1. The van der Waals surface area contributed by atoms with Gasteiger partial charge in [0.2, 0.25) is 11.8 Å². The first kappa shape index (κ1) is 34.5. The molecule has 8 nitrogen and oxygen atoms in total. The highest BCUT2D eigenvalue weighted by atomic mass is 16.5. The molecule has 0 aromatic heterocycles. The standard InChI is InChI=1S/C44H41BN2O6/c1-28(24-29-17-22-39(48)36-15-9-8-14-35(29)36)16-23-40-41-30(27-52-34-12-6-3-7-13-34)25-37-42(38(41)26-45(51)53-40)44(50)47(43(37)49)33-20-18-32(19-21-33)46-31-10-4-2-5-11-31/h2-15,17-22,24,37-38,40,42,46,48,51H,16,23,25-27H2,1H3/b28-24+/t37-,38+,40-,42-/m1/s1. The van der Waals surface area contributed by atoms with Crippen molar-refractivity contribution < 1.29 is 29.1 Å². The van der Waals surface area contributed by atoms with E-state index >= 15 is 0 Å². The number of benzene rings is 5. The third kappa shape index (κ3) is 6.98. The van der Waals surface area contributed by atoms with Gasteiger partial charge in [0.15, 0.2) is 0 Å². The minimum Gasteiger partial charge on any atom is -0.507 e. The Bertz CT molecular complexity index is 2200. The first-order valence-corrected chi connectivity index (χ1v) is 18.2. The molecule has 4 atom stereocenters. The van der Waals surface area contributed by atoms with Crippen LogP contribution in [0.15, 0.2) is 138 Å². The van der Waals surface area contributed by atoms with Crippen LogP contribution in [0.25, 0.3) is 16.8 Å². The first-order chi connectivity index (χ1) is 25.8. The first-order valence-electron chi connectivity index (χ1n) is 18.2. The van der Waals surface area contributed by atoms with E-state index in [9.17, 15) is 19.7 Å². The molecule has 9 heteroatoms. The molecule has 1 aliphatic carbocycles. The highest BCUT2D eigenvalue weighted by Gasteiger charge is 2.57. The van der Waals surface area contributed by atoms with E-state index in [0.717, 1.165) is 44.4 Å². The van der Waals surface area contributed by atoms with Gasteiger partial charge in [0.1, 0.15) is 18.1 Å². The number of anilines is 3. The molecule has 2 amide bonds. The molecule has 5 aromatic carbocycles. The molecule has 3 aliphatic rings. The summed E-state index contributed by atoms with van der Waals surface area (Å²) < 4.78 is 12.6. The van der Waals surface area contributed by atoms with Gasteiger partial charge in [0.05, 0.1) is 23.6 Å². The Labute approximate surface area is 309 Å². The predicted octanol–water partition coefficient (Wildman–Crippen LogP) is 8.55. The maximum absolute atomic E-state index is 14.4. The summed E-state index contributed by atoms with van der Waals surface area (Å²) in [6.07, 6.45) is 3.52. The van der Waals surface area contributed by atoms with Crippen molar-refractivity contribution in [2.45, 2.75) is 38.6 Å². The van der Waals surface area contributed by atoms with Crippen LogP contribution >= 0.6 is 0 Å². The summed E-state index contributed by atoms with van der Waals surface area (Å²) in [5, 5.41) is 26.6. The number of amides is 2. The summed E-state index contributed by atoms with van der Waals surface area (Å²) in [7, 11) is -1.07. The highest BCUT2D eigenvalue weighted by Crippen LogP contribution is 2.51. The Balaban J connectivity index is 1.07. The summed E-state index contributed by atoms with van der Waals surface area (Å²) in [4.78, 5) is 29.9. The number of imide groups is 1. The molecule has 2 heterocycles. The third-order valence-corrected chi connectivity index (χ3v) is 10.8. The summed E-state index contributed by atoms with van der Waals surface area (Å²) in [5.41, 5.74) is 6.36. The number of phenols is 1. The molecule has 2 aliphatic heterocycles. The van der Waals surface area contributed by atoms with Crippen molar-refractivity contribution in [3.8, 4) is 11.5 Å². The van der Waals surface area contributed by atoms with Crippen LogP contribution in [0.5, 0.6) is 11.5 Å². The average molecular weight is 705 g/mol. The van der Waals surface area contributed by atoms with E-state index in [1.54, 1.807) is 18.2 Å². The minimum absolute atomic E-state index is 0.225. The molecule has 0 spiro atoms. The Kier molecular flexibility index (Phi) is 9.60. The van der Waals surface area contributed by atoms with Gasteiger partial charge in [-0.25, -0.2) is 0 Å². The van der Waals surface area contributed by atoms with Crippen LogP contribution in [0, 0.1) is 17.8 Å². The zero-order valence-electron chi connectivity index (χ0n) is 29.5. The van der Waals surface area contributed by atoms with Crippen LogP contribution in [0.1, 0.15) is 31.7 Å². The Morgan fingerprint density at radius 1 is 0.849 bits per heavy atom. The molecule has 0 saturated carbocycles. The molecule has 3 N–H and O–H groups in total. The SMILES string of the molecule is C/C(=C\c1ccc(O)c2ccccc12)CC[C@H]1OB(O)C[C@H]2C1=C(COc1ccccc1)C[C@H]1C(=O)N(c3ccc(Nc4ccccc4)cc3)C(=O)[C@H]12. The molecule has 0 unspecified atom stereocenters. The van der Waals surface area contributed by atoms with E-state index in [1.807, 2.05) is 103 Å². The van der Waals surface area contributed by atoms with Gasteiger partial charge in [0, 0.05) is 16.8 Å². The van der Waals surface area contributed by atoms with Crippen LogP contribution in [0.3, 0.4) is 0 Å². The zero-order valence-corrected chi connectivity index (χ0v) is 29.5. The molecule has 8 rings (SSSR count). The fraction of sp³-hybridized carbons (Fsp3) is 0.227. The lowest BCUT2D eigenvalue weighted by atomic mass is 9.58. The van der Waals surface area contributed by atoms with Crippen LogP contribution in [0.4, 0.5) is 17.1 Å². The van der Waals surface area contributed by atoms with Crippen molar-refractivity contribution in [1.29, 1.82) is 0 Å². The van der Waals surface area contributed by atoms with Crippen molar-refractivity contribution in [1.82, 2.24) is 0 Å². The summed E-state index contributed by atoms with van der Waals surface area (Å²) in [6.45, 7) is 2.32. The van der Waals surface area contributed by atoms with Gasteiger partial charge in [-0.15, -0.1) is 0 Å². The third-order valence-electron chi connectivity index (χ3n) is 10.8. The van der Waals surface area contributed by atoms with Gasteiger partial charge >= 0.3 is 7.12 Å². The lowest BCUT2D eigenvalue weighted by molar-refractivity contribution is -0.122. The normalized spacial score (nSPS) is 21.5. The maximum Gasteiger partial charge on any atom is 0.455 e. The van der Waals surface area contributed by atoms with Crippen LogP contribution in [0.2, 0.25) is 6.32 Å². The number of fused-ring (bicyclic) bond motifs is 4. The lowest BCUT2D eigenvalue weighted by Gasteiger charge is -2.43. The summed E-state index contributed by atoms with van der Waals surface area (Å²) >= 11 is 0. The van der Waals surface area contributed by atoms with E-state index < -0.39 is 25.1 Å². The van der Waals surface area contributed by atoms with Gasteiger partial charge < -0.3 is 24.8 Å². The number of hydrogen-bond acceptors (Lipinski definition) is 7. The van der Waals surface area contributed by atoms with Crippen molar-refractivity contribution in [3.63, 3.8) is 0 Å². The Morgan fingerprint density at radius 3 is 2.28 bits per heavy atom. The number of allylic oxidation sites excluding steroid dienone is 1. The van der Waals surface area contributed by atoms with Crippen molar-refractivity contribution in [2.75, 3.05) is 16.8 Å². The molecular weight excluding hydrogens is 663 g/mol. The predicted molar refractivity (Wildman–Crippen MR) is 209 cm³/mol. The number of ether oxygens (including phenoxy) is 1. The van der Waals surface area contributed by atoms with E-state index in [2.05, 4.69) is 18.3 Å². The highest BCUT2D eigenvalue weighted by molar-refractivity contribution is 6.43. The van der Waals surface area contributed by atoms with E-state index in [4.69, 9.17) is 9.39 Å². The van der Waals surface area contributed by atoms with Gasteiger partial charge in [-0.05, 0) is 115 Å². The minimum atomic E-state index is -1.07. The van der Waals surface area contributed by atoms with Crippen molar-refractivity contribution in [3.05, 3.63) is 144 Å². The summed E-state index contributed by atoms with van der Waals surface area (Å²) in [6, 6.07) is 38.1. The second-order valence-electron chi connectivity index (χ2n) is 14.2. The monoisotopic (exact) mass is 704 g/mol. The Morgan fingerprint density at radius 2 is 1.53 bits per heavy atom. The Hall–Kier alpha value is -5.64. The van der Waals surface area contributed by atoms with Crippen LogP contribution < -0.4 is 15.0 Å². The number of phenolic OH excluding ortho intramolecular Hbond substituents is 1. The molecule has 2 saturated heterocycles. The molecule has 0 radical (unpaired) electrons. The number of carbonyl (C=O) groups excluding carboxylic acids is 2. The van der Waals surface area contributed by atoms with E-state index in [-0.39, 0.29) is 36.4 Å². The molecule has 53 heavy (non-hydrogen) atoms. The molecule has 2 fully saturated rings. The largest absolute Gasteiger partial charge is 0.507 e. The fourth-order valence-electron chi connectivity index (χ4n) is 8.35. The summed E-state index contributed by atoms with van der Waals surface area (Å²) in [5.74, 6) is -1.05. The number of aromatic hydroxyl groups is 1. The number of para-hydroxylation sites is 2. The van der Waals surface area contributed by atoms with Crippen molar-refractivity contribution >= 4 is 52.8 Å². The van der Waals surface area contributed by atoms with Gasteiger partial charge in [0.25, 0.3) is 0 Å². The van der Waals surface area contributed by atoms with Crippen molar-refractivity contribution in [2.24, 2.45) is 17.8 Å². The number of carbonyl (C=O) groups is 2. The quantitative estimate of drug-likeness (QED) is 0.0760. The van der Waals surface area contributed by atoms with Gasteiger partial charge in [-0.1, -0.05) is 78.4 Å². The molecule has 5 aromatic rings. The number of hydrogen-bond donors (Lipinski definition) is 3. The topological polar surface area (TPSA) is 108 Å². The fourth-order valence-corrected chi connectivity index (χ4v) is 8.35. The average Bonchev–Trinajstić information content (AvgIpc) is 3.43. The molecule has 266 valence electrons. The molecular formula is C44H41BN2O6. The number of nitrogens with one attached hydrogen (secondary N) is 1. The van der Waals surface area contributed by atoms with Gasteiger partial charge in [-0.2, -0.15) is 0 Å². The smallest absolute Gasteiger partial charge is 0.455 e. The second kappa shape index (κ2) is 14.8. The van der Waals surface area contributed by atoms with Crippen LogP contribution in [-0.4, -0.2) is 41.8 Å². The molecule has 0 bridgehead atoms. The van der Waals surface area contributed by atoms with E-state index in [0.29, 0.717) is 30.7 Å². The van der Waals surface area contributed by atoms with Gasteiger partial charge in [-0.3, -0.25) is 14.5 Å².